The summed E-state index contributed by atoms with van der Waals surface area (Å²) in [6.45, 7) is 6.61. The van der Waals surface area contributed by atoms with Crippen LogP contribution in [-0.4, -0.2) is 48.4 Å². The molecule has 5 nitrogen and oxygen atoms in total. The van der Waals surface area contributed by atoms with Gasteiger partial charge in [0.15, 0.2) is 0 Å². The van der Waals surface area contributed by atoms with E-state index in [-0.39, 0.29) is 13.2 Å². The van der Waals surface area contributed by atoms with Crippen molar-refractivity contribution >= 4 is 0 Å². The lowest BCUT2D eigenvalue weighted by atomic mass is 9.92. The Hall–Kier alpha value is -0.200. The first-order chi connectivity index (χ1) is 17.8. The van der Waals surface area contributed by atoms with Crippen molar-refractivity contribution in [1.29, 1.82) is 0 Å². The summed E-state index contributed by atoms with van der Waals surface area (Å²) in [5, 5.41) is 19.4. The van der Waals surface area contributed by atoms with E-state index in [0.29, 0.717) is 26.1 Å². The Bertz CT molecular complexity index is 387. The predicted molar refractivity (Wildman–Crippen MR) is 154 cm³/mol. The highest BCUT2D eigenvalue weighted by Crippen LogP contribution is 2.22. The van der Waals surface area contributed by atoms with Gasteiger partial charge in [-0.15, -0.1) is 0 Å². The molecule has 0 rings (SSSR count). The molecule has 36 heavy (non-hydrogen) atoms. The summed E-state index contributed by atoms with van der Waals surface area (Å²) in [7, 11) is 0. The molecule has 0 heterocycles. The molecule has 0 amide bonds. The zero-order valence-electron chi connectivity index (χ0n) is 24.5. The summed E-state index contributed by atoms with van der Waals surface area (Å²) < 4.78 is 0. The lowest BCUT2D eigenvalue weighted by Crippen LogP contribution is -2.27. The van der Waals surface area contributed by atoms with Crippen molar-refractivity contribution in [2.45, 2.75) is 162 Å². The zero-order chi connectivity index (χ0) is 26.4. The van der Waals surface area contributed by atoms with Crippen molar-refractivity contribution in [2.24, 2.45) is 5.92 Å². The molecule has 1 unspecified atom stereocenters. The summed E-state index contributed by atoms with van der Waals surface area (Å²) >= 11 is 0. The summed E-state index contributed by atoms with van der Waals surface area (Å²) in [6, 6.07) is 0. The van der Waals surface area contributed by atoms with E-state index in [9.17, 15) is 0 Å². The van der Waals surface area contributed by atoms with Crippen molar-refractivity contribution < 1.29 is 19.9 Å². The maximum absolute atomic E-state index is 8.90. The second-order valence-corrected chi connectivity index (χ2v) is 10.7. The first kappa shape index (κ1) is 35.8. The van der Waals surface area contributed by atoms with Gasteiger partial charge < -0.3 is 10.2 Å². The molecule has 0 fully saturated rings. The zero-order valence-corrected chi connectivity index (χ0v) is 24.5. The normalized spacial score (nSPS) is 12.6. The molecule has 0 radical (unpaired) electrons. The summed E-state index contributed by atoms with van der Waals surface area (Å²) in [5.41, 5.74) is 0. The third-order valence-electron chi connectivity index (χ3n) is 7.32. The Morgan fingerprint density at radius 3 is 1.28 bits per heavy atom. The van der Waals surface area contributed by atoms with Crippen LogP contribution in [0.3, 0.4) is 0 Å². The van der Waals surface area contributed by atoms with E-state index < -0.39 is 0 Å². The second kappa shape index (κ2) is 31.0. The minimum Gasteiger partial charge on any atom is -0.396 e. The minimum absolute atomic E-state index is 0.128. The van der Waals surface area contributed by atoms with Gasteiger partial charge in [-0.2, -0.15) is 0 Å². The van der Waals surface area contributed by atoms with Crippen LogP contribution >= 0.6 is 0 Å². The molecular weight excluding hydrogens is 450 g/mol. The molecule has 1 atom stereocenters. The Labute approximate surface area is 225 Å². The molecule has 0 saturated carbocycles. The third-order valence-corrected chi connectivity index (χ3v) is 7.32. The lowest BCUT2D eigenvalue weighted by Gasteiger charge is -2.20. The largest absolute Gasteiger partial charge is 0.396 e. The topological polar surface area (TPSA) is 62.2 Å². The Morgan fingerprint density at radius 2 is 0.889 bits per heavy atom. The number of hydrogen-bond donors (Lipinski definition) is 2. The highest BCUT2D eigenvalue weighted by atomic mass is 16.9. The second-order valence-electron chi connectivity index (χ2n) is 10.7. The minimum atomic E-state index is 0.128. The van der Waals surface area contributed by atoms with Gasteiger partial charge in [0.2, 0.25) is 0 Å². The van der Waals surface area contributed by atoms with Crippen LogP contribution in [0.15, 0.2) is 0 Å². The molecule has 0 aliphatic carbocycles. The predicted octanol–water partition coefficient (Wildman–Crippen LogP) is 8.76. The maximum atomic E-state index is 8.90. The highest BCUT2D eigenvalue weighted by Gasteiger charge is 2.07. The van der Waals surface area contributed by atoms with Gasteiger partial charge in [-0.1, -0.05) is 147 Å². The van der Waals surface area contributed by atoms with Gasteiger partial charge in [0, 0.05) is 13.2 Å². The van der Waals surface area contributed by atoms with Crippen LogP contribution in [0.4, 0.5) is 0 Å². The quantitative estimate of drug-likeness (QED) is 0.0713. The summed E-state index contributed by atoms with van der Waals surface area (Å²) in [5.74, 6) is 0.959. The van der Waals surface area contributed by atoms with E-state index >= 15 is 0 Å². The van der Waals surface area contributed by atoms with Crippen molar-refractivity contribution in [2.75, 3.05) is 33.0 Å². The van der Waals surface area contributed by atoms with Crippen LogP contribution in [-0.2, 0) is 9.68 Å². The average molecular weight is 516 g/mol. The number of hydrogen-bond acceptors (Lipinski definition) is 5. The van der Waals surface area contributed by atoms with Crippen LogP contribution in [0.2, 0.25) is 0 Å². The van der Waals surface area contributed by atoms with Crippen LogP contribution in [0.1, 0.15) is 162 Å². The van der Waals surface area contributed by atoms with E-state index in [1.165, 1.54) is 128 Å². The lowest BCUT2D eigenvalue weighted by molar-refractivity contribution is -0.369. The van der Waals surface area contributed by atoms with Crippen LogP contribution < -0.4 is 0 Å². The van der Waals surface area contributed by atoms with E-state index in [1.807, 2.05) is 0 Å². The van der Waals surface area contributed by atoms with Crippen LogP contribution in [0.5, 0.6) is 0 Å². The molecule has 218 valence electrons. The Morgan fingerprint density at radius 1 is 0.500 bits per heavy atom. The highest BCUT2D eigenvalue weighted by molar-refractivity contribution is 4.59. The average Bonchev–Trinajstić information content (AvgIpc) is 2.89. The molecule has 0 spiro atoms. The number of aliphatic hydroxyl groups is 2. The standard InChI is InChI=1S/C31H65NO4/c1-3-5-6-7-8-9-10-13-16-19-24-31(4-2)25-20-17-14-11-12-15-18-21-26-32(35-29-22-27-33)36-30-23-28-34/h31,33-34H,3-30H2,1-2H3. The van der Waals surface area contributed by atoms with Crippen molar-refractivity contribution in [1.82, 2.24) is 5.23 Å². The molecule has 0 aliphatic rings. The third kappa shape index (κ3) is 26.9. The number of unbranched alkanes of at least 4 members (excludes halogenated alkanes) is 16. The first-order valence-electron chi connectivity index (χ1n) is 16.0. The number of hydroxylamine groups is 2. The molecule has 2 N–H and O–H groups in total. The van der Waals surface area contributed by atoms with E-state index in [2.05, 4.69) is 13.8 Å². The number of aliphatic hydroxyl groups excluding tert-OH is 2. The van der Waals surface area contributed by atoms with E-state index in [1.54, 1.807) is 5.23 Å². The fourth-order valence-corrected chi connectivity index (χ4v) is 4.84. The maximum Gasteiger partial charge on any atom is 0.0733 e. The monoisotopic (exact) mass is 515 g/mol. The van der Waals surface area contributed by atoms with Gasteiger partial charge in [0.1, 0.15) is 0 Å². The molecular formula is C31H65NO4. The Kier molecular flexibility index (Phi) is 30.8. The van der Waals surface area contributed by atoms with Crippen LogP contribution in [0, 0.1) is 5.92 Å². The van der Waals surface area contributed by atoms with Crippen molar-refractivity contribution in [3.8, 4) is 0 Å². The number of nitrogens with zero attached hydrogens (tertiary/aromatic N) is 1. The van der Waals surface area contributed by atoms with Gasteiger partial charge in [-0.05, 0) is 25.2 Å². The van der Waals surface area contributed by atoms with E-state index in [4.69, 9.17) is 19.9 Å². The van der Waals surface area contributed by atoms with E-state index in [0.717, 1.165) is 18.9 Å². The molecule has 0 aromatic heterocycles. The van der Waals surface area contributed by atoms with Gasteiger partial charge in [0.05, 0.1) is 19.8 Å². The van der Waals surface area contributed by atoms with Crippen molar-refractivity contribution in [3.63, 3.8) is 0 Å². The van der Waals surface area contributed by atoms with Gasteiger partial charge >= 0.3 is 0 Å². The molecule has 5 heteroatoms. The van der Waals surface area contributed by atoms with Gasteiger partial charge in [0.25, 0.3) is 0 Å². The van der Waals surface area contributed by atoms with Gasteiger partial charge in [-0.25, -0.2) is 0 Å². The SMILES string of the molecule is CCCCCCCCCCCCC(CC)CCCCCCCCCCN(OCCCO)OCCCO. The number of rotatable bonds is 31. The molecule has 0 saturated heterocycles. The van der Waals surface area contributed by atoms with Crippen molar-refractivity contribution in [3.05, 3.63) is 0 Å². The first-order valence-corrected chi connectivity index (χ1v) is 16.0. The molecule has 0 aromatic rings. The van der Waals surface area contributed by atoms with Gasteiger partial charge in [-0.3, -0.25) is 9.68 Å². The Balaban J connectivity index is 3.53. The molecule has 0 bridgehead atoms. The summed E-state index contributed by atoms with van der Waals surface area (Å²) in [4.78, 5) is 11.1. The fourth-order valence-electron chi connectivity index (χ4n) is 4.84. The molecule has 0 aliphatic heterocycles. The smallest absolute Gasteiger partial charge is 0.0733 e. The molecule has 0 aromatic carbocycles. The van der Waals surface area contributed by atoms with Crippen LogP contribution in [0.25, 0.3) is 0 Å². The fraction of sp³-hybridized carbons (Fsp3) is 1.00. The summed E-state index contributed by atoms with van der Waals surface area (Å²) in [6.07, 6.45) is 30.3.